The molecular weight excluding hydrogens is 354 g/mol. The van der Waals surface area contributed by atoms with Crippen LogP contribution in [0.5, 0.6) is 0 Å². The van der Waals surface area contributed by atoms with Gasteiger partial charge in [0.1, 0.15) is 12.4 Å². The van der Waals surface area contributed by atoms with E-state index in [1.54, 1.807) is 7.11 Å². The van der Waals surface area contributed by atoms with Gasteiger partial charge in [-0.25, -0.2) is 9.97 Å². The highest BCUT2D eigenvalue weighted by atomic mass is 16.5. The van der Waals surface area contributed by atoms with Crippen molar-refractivity contribution in [2.45, 2.75) is 31.9 Å². The monoisotopic (exact) mass is 383 g/mol. The van der Waals surface area contributed by atoms with E-state index in [9.17, 15) is 0 Å². The first-order chi connectivity index (χ1) is 13.8. The van der Waals surface area contributed by atoms with Crippen molar-refractivity contribution in [2.75, 3.05) is 51.4 Å². The van der Waals surface area contributed by atoms with Crippen LogP contribution in [0, 0.1) is 0 Å². The number of hydrogen-bond acceptors (Lipinski definition) is 7. The summed E-state index contributed by atoms with van der Waals surface area (Å²) in [4.78, 5) is 18.9. The van der Waals surface area contributed by atoms with Crippen LogP contribution in [0.1, 0.15) is 36.0 Å². The molecular formula is C21H29N5O2. The Morgan fingerprint density at radius 3 is 2.93 bits per heavy atom. The average molecular weight is 383 g/mol. The molecule has 7 heteroatoms. The first-order valence-electron chi connectivity index (χ1n) is 10.1. The lowest BCUT2D eigenvalue weighted by Crippen LogP contribution is -2.31. The molecule has 4 heterocycles. The Bertz CT molecular complexity index is 752. The predicted molar refractivity (Wildman–Crippen MR) is 107 cm³/mol. The van der Waals surface area contributed by atoms with E-state index in [0.717, 1.165) is 81.8 Å². The molecule has 2 aromatic rings. The molecule has 2 saturated heterocycles. The van der Waals surface area contributed by atoms with Crippen molar-refractivity contribution < 1.29 is 9.47 Å². The largest absolute Gasteiger partial charge is 0.381 e. The van der Waals surface area contributed by atoms with Gasteiger partial charge in [0.05, 0.1) is 18.0 Å². The zero-order chi connectivity index (χ0) is 19.2. The van der Waals surface area contributed by atoms with E-state index < -0.39 is 0 Å². The average Bonchev–Trinajstić information content (AvgIpc) is 3.16. The van der Waals surface area contributed by atoms with E-state index in [4.69, 9.17) is 19.4 Å². The molecule has 0 aliphatic carbocycles. The van der Waals surface area contributed by atoms with Gasteiger partial charge >= 0.3 is 0 Å². The zero-order valence-corrected chi connectivity index (χ0v) is 16.6. The molecule has 0 radical (unpaired) electrons. The van der Waals surface area contributed by atoms with Crippen LogP contribution in [0.4, 0.5) is 5.82 Å². The van der Waals surface area contributed by atoms with Crippen LogP contribution in [-0.2, 0) is 22.6 Å². The summed E-state index contributed by atoms with van der Waals surface area (Å²) in [6.07, 6.45) is 4.00. The SMILES string of the molecule is COCc1nc([C@@H]2CCOC2)cc(N2CCCN(Cc3ccccn3)CC2)n1. The van der Waals surface area contributed by atoms with Gasteiger partial charge in [0, 0.05) is 64.6 Å². The minimum absolute atomic E-state index is 0.366. The number of pyridine rings is 1. The third kappa shape index (κ3) is 4.84. The Labute approximate surface area is 166 Å². The lowest BCUT2D eigenvalue weighted by atomic mass is 10.0. The van der Waals surface area contributed by atoms with Crippen LogP contribution in [-0.4, -0.2) is 66.4 Å². The number of aromatic nitrogens is 3. The molecule has 0 amide bonds. The molecule has 150 valence electrons. The molecule has 0 aromatic carbocycles. The minimum atomic E-state index is 0.366. The van der Waals surface area contributed by atoms with Crippen molar-refractivity contribution in [1.29, 1.82) is 0 Å². The minimum Gasteiger partial charge on any atom is -0.381 e. The second-order valence-corrected chi connectivity index (χ2v) is 7.50. The molecule has 7 nitrogen and oxygen atoms in total. The molecule has 2 aliphatic heterocycles. The maximum absolute atomic E-state index is 5.57. The smallest absolute Gasteiger partial charge is 0.156 e. The Hall–Kier alpha value is -2.09. The number of rotatable bonds is 6. The van der Waals surface area contributed by atoms with Crippen LogP contribution in [0.25, 0.3) is 0 Å². The highest BCUT2D eigenvalue weighted by Gasteiger charge is 2.23. The molecule has 0 unspecified atom stereocenters. The van der Waals surface area contributed by atoms with Gasteiger partial charge in [-0.05, 0) is 25.0 Å². The summed E-state index contributed by atoms with van der Waals surface area (Å²) in [7, 11) is 1.69. The van der Waals surface area contributed by atoms with Crippen molar-refractivity contribution in [3.8, 4) is 0 Å². The van der Waals surface area contributed by atoms with Crippen LogP contribution in [0.2, 0.25) is 0 Å². The van der Waals surface area contributed by atoms with Gasteiger partial charge < -0.3 is 14.4 Å². The maximum atomic E-state index is 5.57. The highest BCUT2D eigenvalue weighted by molar-refractivity contribution is 5.41. The molecule has 0 saturated carbocycles. The second kappa shape index (κ2) is 9.41. The Morgan fingerprint density at radius 1 is 1.18 bits per heavy atom. The van der Waals surface area contributed by atoms with E-state index in [0.29, 0.717) is 12.5 Å². The summed E-state index contributed by atoms with van der Waals surface area (Å²) < 4.78 is 10.9. The molecule has 2 fully saturated rings. The van der Waals surface area contributed by atoms with E-state index in [1.165, 1.54) is 0 Å². The van der Waals surface area contributed by atoms with Gasteiger partial charge in [-0.15, -0.1) is 0 Å². The number of ether oxygens (including phenoxy) is 2. The Balaban J connectivity index is 1.47. The first-order valence-corrected chi connectivity index (χ1v) is 10.1. The zero-order valence-electron chi connectivity index (χ0n) is 16.6. The summed E-state index contributed by atoms with van der Waals surface area (Å²) in [5.74, 6) is 2.14. The summed E-state index contributed by atoms with van der Waals surface area (Å²) in [5.41, 5.74) is 2.22. The van der Waals surface area contributed by atoms with Gasteiger partial charge in [0.2, 0.25) is 0 Å². The quantitative estimate of drug-likeness (QED) is 0.758. The summed E-state index contributed by atoms with van der Waals surface area (Å²) in [5, 5.41) is 0. The first kappa shape index (κ1) is 19.2. The van der Waals surface area contributed by atoms with Gasteiger partial charge in [0.25, 0.3) is 0 Å². The van der Waals surface area contributed by atoms with E-state index in [1.807, 2.05) is 12.3 Å². The van der Waals surface area contributed by atoms with Crippen molar-refractivity contribution in [3.63, 3.8) is 0 Å². The summed E-state index contributed by atoms with van der Waals surface area (Å²) in [6.45, 7) is 6.94. The molecule has 2 aliphatic rings. The second-order valence-electron chi connectivity index (χ2n) is 7.50. The van der Waals surface area contributed by atoms with E-state index in [-0.39, 0.29) is 0 Å². The van der Waals surface area contributed by atoms with Crippen molar-refractivity contribution in [2.24, 2.45) is 0 Å². The molecule has 0 bridgehead atoms. The Morgan fingerprint density at radius 2 is 2.14 bits per heavy atom. The van der Waals surface area contributed by atoms with Crippen LogP contribution < -0.4 is 4.90 Å². The normalized spacial score (nSPS) is 21.0. The van der Waals surface area contributed by atoms with Crippen LogP contribution >= 0.6 is 0 Å². The highest BCUT2D eigenvalue weighted by Crippen LogP contribution is 2.27. The lowest BCUT2D eigenvalue weighted by Gasteiger charge is -2.24. The molecule has 28 heavy (non-hydrogen) atoms. The third-order valence-electron chi connectivity index (χ3n) is 5.42. The number of methoxy groups -OCH3 is 1. The van der Waals surface area contributed by atoms with E-state index in [2.05, 4.69) is 33.0 Å². The lowest BCUT2D eigenvalue weighted by molar-refractivity contribution is 0.177. The third-order valence-corrected chi connectivity index (χ3v) is 5.42. The van der Waals surface area contributed by atoms with Crippen molar-refractivity contribution in [1.82, 2.24) is 19.9 Å². The fourth-order valence-corrected chi connectivity index (χ4v) is 3.91. The fraction of sp³-hybridized carbons (Fsp3) is 0.571. The Kier molecular flexibility index (Phi) is 6.46. The van der Waals surface area contributed by atoms with Gasteiger partial charge in [0.15, 0.2) is 5.82 Å². The molecule has 4 rings (SSSR count). The van der Waals surface area contributed by atoms with Gasteiger partial charge in [-0.2, -0.15) is 0 Å². The van der Waals surface area contributed by atoms with Gasteiger partial charge in [-0.1, -0.05) is 6.07 Å². The van der Waals surface area contributed by atoms with Crippen molar-refractivity contribution in [3.05, 3.63) is 47.7 Å². The molecule has 1 atom stereocenters. The predicted octanol–water partition coefficient (Wildman–Crippen LogP) is 2.23. The maximum Gasteiger partial charge on any atom is 0.156 e. The standard InChI is InChI=1S/C21H29N5O2/c1-27-16-20-23-19(17-6-12-28-15-17)13-21(24-20)26-9-4-8-25(10-11-26)14-18-5-2-3-7-22-18/h2-3,5,7,13,17H,4,6,8-12,14-16H2,1H3/t17-/m1/s1. The van der Waals surface area contributed by atoms with Crippen LogP contribution in [0.3, 0.4) is 0 Å². The van der Waals surface area contributed by atoms with Gasteiger partial charge in [-0.3, -0.25) is 9.88 Å². The summed E-state index contributed by atoms with van der Waals surface area (Å²) in [6, 6.07) is 8.28. The molecule has 2 aromatic heterocycles. The number of anilines is 1. The molecule has 0 spiro atoms. The van der Waals surface area contributed by atoms with E-state index >= 15 is 0 Å². The summed E-state index contributed by atoms with van der Waals surface area (Å²) >= 11 is 0. The van der Waals surface area contributed by atoms with Crippen LogP contribution in [0.15, 0.2) is 30.5 Å². The number of nitrogens with zero attached hydrogens (tertiary/aromatic N) is 5. The fourth-order valence-electron chi connectivity index (χ4n) is 3.91. The number of hydrogen-bond donors (Lipinski definition) is 0. The van der Waals surface area contributed by atoms with Crippen molar-refractivity contribution >= 4 is 5.82 Å². The topological polar surface area (TPSA) is 63.6 Å². The molecule has 0 N–H and O–H groups in total.